The van der Waals surface area contributed by atoms with E-state index in [-0.39, 0.29) is 18.2 Å². The summed E-state index contributed by atoms with van der Waals surface area (Å²) in [6.45, 7) is 0. The molecule has 2 aromatic carbocycles. The summed E-state index contributed by atoms with van der Waals surface area (Å²) in [7, 11) is 0. The van der Waals surface area contributed by atoms with Gasteiger partial charge in [0.25, 0.3) is 0 Å². The number of nitrogens with zero attached hydrogens (tertiary/aromatic N) is 3. The molecule has 0 atom stereocenters. The third-order valence-electron chi connectivity index (χ3n) is 4.13. The molecule has 1 amide bonds. The van der Waals surface area contributed by atoms with E-state index in [1.165, 1.54) is 6.33 Å². The molecule has 2 aromatic heterocycles. The van der Waals surface area contributed by atoms with E-state index in [1.54, 1.807) is 30.5 Å². The highest BCUT2D eigenvalue weighted by Gasteiger charge is 2.22. The molecule has 0 aliphatic rings. The van der Waals surface area contributed by atoms with E-state index in [0.717, 1.165) is 5.56 Å². The molecule has 0 spiro atoms. The minimum Gasteiger partial charge on any atom is -0.337 e. The van der Waals surface area contributed by atoms with Gasteiger partial charge in [0.05, 0.1) is 17.7 Å². The number of carbonyl (C=O) groups excluding carboxylic acids is 1. The Morgan fingerprint density at radius 3 is 2.48 bits per heavy atom. The van der Waals surface area contributed by atoms with Crippen LogP contribution in [0.15, 0.2) is 71.6 Å². The summed E-state index contributed by atoms with van der Waals surface area (Å²) in [4.78, 5) is 20.8. The van der Waals surface area contributed by atoms with Crippen LogP contribution in [-0.2, 0) is 11.2 Å². The van der Waals surface area contributed by atoms with E-state index in [9.17, 15) is 4.79 Å². The van der Waals surface area contributed by atoms with Gasteiger partial charge in [-0.15, -0.1) is 0 Å². The number of hydrogen-bond donors (Lipinski definition) is 1. The second-order valence-electron chi connectivity index (χ2n) is 6.20. The number of carbonyl (C=O) groups is 1. The highest BCUT2D eigenvalue weighted by atomic mass is 35.5. The van der Waals surface area contributed by atoms with Crippen molar-refractivity contribution in [2.45, 2.75) is 6.42 Å². The highest BCUT2D eigenvalue weighted by molar-refractivity contribution is 6.35. The molecule has 0 saturated heterocycles. The summed E-state index contributed by atoms with van der Waals surface area (Å²) in [5.41, 5.74) is 3.05. The van der Waals surface area contributed by atoms with Gasteiger partial charge in [-0.3, -0.25) is 10.1 Å². The Morgan fingerprint density at radius 1 is 1.03 bits per heavy atom. The summed E-state index contributed by atoms with van der Waals surface area (Å²) in [5.74, 6) is -0.0472. The molecule has 4 aromatic rings. The smallest absolute Gasteiger partial charge is 0.241 e. The zero-order valence-corrected chi connectivity index (χ0v) is 16.5. The number of amides is 1. The summed E-state index contributed by atoms with van der Waals surface area (Å²) in [5, 5.41) is 7.83. The molecule has 0 radical (unpaired) electrons. The Labute approximate surface area is 176 Å². The first kappa shape index (κ1) is 19.1. The van der Waals surface area contributed by atoms with Gasteiger partial charge in [0.1, 0.15) is 12.0 Å². The summed E-state index contributed by atoms with van der Waals surface area (Å²) in [6, 6.07) is 16.2. The van der Waals surface area contributed by atoms with E-state index in [4.69, 9.17) is 27.7 Å². The number of aromatic nitrogens is 3. The van der Waals surface area contributed by atoms with Crippen LogP contribution in [0.5, 0.6) is 0 Å². The van der Waals surface area contributed by atoms with E-state index in [2.05, 4.69) is 20.4 Å². The number of nitrogens with one attached hydrogen (secondary N) is 1. The van der Waals surface area contributed by atoms with E-state index in [0.29, 0.717) is 32.6 Å². The van der Waals surface area contributed by atoms with Crippen LogP contribution in [0.1, 0.15) is 5.56 Å². The van der Waals surface area contributed by atoms with E-state index < -0.39 is 0 Å². The van der Waals surface area contributed by atoms with Crippen LogP contribution >= 0.6 is 23.2 Å². The van der Waals surface area contributed by atoms with Crippen molar-refractivity contribution in [1.82, 2.24) is 15.1 Å². The van der Waals surface area contributed by atoms with Crippen LogP contribution < -0.4 is 5.32 Å². The van der Waals surface area contributed by atoms with Gasteiger partial charge in [-0.1, -0.05) is 58.7 Å². The fourth-order valence-electron chi connectivity index (χ4n) is 2.89. The third-order valence-corrected chi connectivity index (χ3v) is 4.56. The molecular weight excluding hydrogens is 411 g/mol. The quantitative estimate of drug-likeness (QED) is 0.470. The minimum atomic E-state index is -0.238. The molecule has 6 nitrogen and oxygen atoms in total. The van der Waals surface area contributed by atoms with Crippen LogP contribution in [0.4, 0.5) is 5.88 Å². The molecule has 2 heterocycles. The van der Waals surface area contributed by atoms with Gasteiger partial charge in [0.2, 0.25) is 11.8 Å². The number of anilines is 1. The van der Waals surface area contributed by atoms with Crippen LogP contribution in [0.2, 0.25) is 10.0 Å². The van der Waals surface area contributed by atoms with Gasteiger partial charge in [-0.05, 0) is 29.8 Å². The lowest BCUT2D eigenvalue weighted by Crippen LogP contribution is -2.14. The zero-order chi connectivity index (χ0) is 20.2. The molecule has 0 aliphatic heterocycles. The topological polar surface area (TPSA) is 80.9 Å². The maximum absolute atomic E-state index is 12.5. The standard InChI is InChI=1S/C21H14Cl2N4O2/c22-15-9-14(10-16(23)11-15)20-19(17-6-7-24-12-25-17)21(29-27-20)26-18(28)8-13-4-2-1-3-5-13/h1-7,9-12H,8H2,(H,26,28). The maximum Gasteiger partial charge on any atom is 0.241 e. The van der Waals surface area contributed by atoms with Gasteiger partial charge in [-0.25, -0.2) is 9.97 Å². The van der Waals surface area contributed by atoms with Gasteiger partial charge in [0, 0.05) is 21.8 Å². The third kappa shape index (κ3) is 4.45. The largest absolute Gasteiger partial charge is 0.337 e. The Morgan fingerprint density at radius 2 is 1.79 bits per heavy atom. The Bertz CT molecular complexity index is 1130. The molecule has 0 fully saturated rings. The Hall–Kier alpha value is -3.22. The van der Waals surface area contributed by atoms with Crippen LogP contribution in [0.25, 0.3) is 22.5 Å². The van der Waals surface area contributed by atoms with E-state index in [1.807, 2.05) is 30.3 Å². The fourth-order valence-corrected chi connectivity index (χ4v) is 3.42. The first-order chi connectivity index (χ1) is 14.1. The van der Waals surface area contributed by atoms with Crippen molar-refractivity contribution in [2.24, 2.45) is 0 Å². The summed E-state index contributed by atoms with van der Waals surface area (Å²) >= 11 is 12.3. The molecule has 0 unspecified atom stereocenters. The molecule has 29 heavy (non-hydrogen) atoms. The van der Waals surface area contributed by atoms with Crippen molar-refractivity contribution in [1.29, 1.82) is 0 Å². The first-order valence-corrected chi connectivity index (χ1v) is 9.42. The Kier molecular flexibility index (Phi) is 5.55. The fraction of sp³-hybridized carbons (Fsp3) is 0.0476. The normalized spacial score (nSPS) is 10.7. The molecule has 0 aliphatic carbocycles. The predicted molar refractivity (Wildman–Crippen MR) is 112 cm³/mol. The molecule has 1 N–H and O–H groups in total. The average Bonchev–Trinajstić information content (AvgIpc) is 3.12. The summed E-state index contributed by atoms with van der Waals surface area (Å²) < 4.78 is 5.46. The lowest BCUT2D eigenvalue weighted by molar-refractivity contribution is -0.115. The van der Waals surface area contributed by atoms with Gasteiger partial charge in [0.15, 0.2) is 0 Å². The first-order valence-electron chi connectivity index (χ1n) is 8.66. The minimum absolute atomic E-state index is 0.190. The molecule has 0 saturated carbocycles. The monoisotopic (exact) mass is 424 g/mol. The van der Waals surface area contributed by atoms with Gasteiger partial charge in [-0.2, -0.15) is 0 Å². The molecular formula is C21H14Cl2N4O2. The van der Waals surface area contributed by atoms with Crippen molar-refractivity contribution in [3.05, 3.63) is 82.7 Å². The lowest BCUT2D eigenvalue weighted by Gasteiger charge is -2.06. The van der Waals surface area contributed by atoms with Crippen LogP contribution in [0.3, 0.4) is 0 Å². The van der Waals surface area contributed by atoms with Crippen molar-refractivity contribution in [3.63, 3.8) is 0 Å². The predicted octanol–water partition coefficient (Wildman–Crippen LogP) is 5.29. The van der Waals surface area contributed by atoms with Crippen molar-refractivity contribution in [2.75, 3.05) is 5.32 Å². The molecule has 8 heteroatoms. The van der Waals surface area contributed by atoms with Crippen LogP contribution in [0, 0.1) is 0 Å². The highest BCUT2D eigenvalue weighted by Crippen LogP contribution is 2.38. The van der Waals surface area contributed by atoms with Crippen molar-refractivity contribution < 1.29 is 9.32 Å². The van der Waals surface area contributed by atoms with Gasteiger partial charge < -0.3 is 4.52 Å². The van der Waals surface area contributed by atoms with Crippen LogP contribution in [-0.4, -0.2) is 21.0 Å². The summed E-state index contributed by atoms with van der Waals surface area (Å²) in [6.07, 6.45) is 3.20. The van der Waals surface area contributed by atoms with Crippen molar-refractivity contribution in [3.8, 4) is 22.5 Å². The van der Waals surface area contributed by atoms with Crippen molar-refractivity contribution >= 4 is 35.0 Å². The number of hydrogen-bond acceptors (Lipinski definition) is 5. The van der Waals surface area contributed by atoms with Gasteiger partial charge >= 0.3 is 0 Å². The second-order valence-corrected chi connectivity index (χ2v) is 7.07. The molecule has 4 rings (SSSR count). The average molecular weight is 425 g/mol. The Balaban J connectivity index is 1.73. The number of halogens is 2. The van der Waals surface area contributed by atoms with E-state index >= 15 is 0 Å². The second kappa shape index (κ2) is 8.43. The molecule has 144 valence electrons. The number of rotatable bonds is 5. The zero-order valence-electron chi connectivity index (χ0n) is 15.0. The lowest BCUT2D eigenvalue weighted by atomic mass is 10.0. The number of benzene rings is 2. The SMILES string of the molecule is O=C(Cc1ccccc1)Nc1onc(-c2cc(Cl)cc(Cl)c2)c1-c1ccncn1. The molecule has 0 bridgehead atoms. The maximum atomic E-state index is 12.5.